The Morgan fingerprint density at radius 3 is 2.42 bits per heavy atom. The third kappa shape index (κ3) is 2.64. The van der Waals surface area contributed by atoms with Gasteiger partial charge in [0.1, 0.15) is 5.75 Å². The van der Waals surface area contributed by atoms with E-state index in [0.29, 0.717) is 5.75 Å². The van der Waals surface area contributed by atoms with Crippen LogP contribution in [-0.4, -0.2) is 10.6 Å². The molecule has 2 aromatic carbocycles. The molecule has 0 saturated carbocycles. The van der Waals surface area contributed by atoms with Gasteiger partial charge >= 0.3 is 0 Å². The number of aromatic hydroxyl groups is 1. The van der Waals surface area contributed by atoms with E-state index < -0.39 is 0 Å². The highest BCUT2D eigenvalue weighted by molar-refractivity contribution is 5.34. The predicted molar refractivity (Wildman–Crippen MR) is 77.2 cm³/mol. The van der Waals surface area contributed by atoms with Crippen molar-refractivity contribution in [3.63, 3.8) is 0 Å². The van der Waals surface area contributed by atoms with E-state index in [4.69, 9.17) is 5.73 Å². The van der Waals surface area contributed by atoms with Crippen LogP contribution in [0.1, 0.15) is 23.1 Å². The Hall–Kier alpha value is -1.80. The van der Waals surface area contributed by atoms with Gasteiger partial charge in [0.05, 0.1) is 0 Å². The van der Waals surface area contributed by atoms with Crippen molar-refractivity contribution in [2.24, 2.45) is 5.73 Å². The fraction of sp³-hybridized carbons (Fsp3) is 0.294. The fourth-order valence-electron chi connectivity index (χ4n) is 3.00. The summed E-state index contributed by atoms with van der Waals surface area (Å²) in [6, 6.07) is 16.0. The second-order valence-electron chi connectivity index (χ2n) is 5.65. The molecule has 3 rings (SSSR count). The Kier molecular flexibility index (Phi) is 3.03. The third-order valence-electron chi connectivity index (χ3n) is 4.05. The SMILES string of the molecule is NC1(Cc2ccc(O)cc2)CCc2ccccc2C1. The second kappa shape index (κ2) is 4.71. The molecule has 0 spiro atoms. The van der Waals surface area contributed by atoms with Gasteiger partial charge in [-0.25, -0.2) is 0 Å². The maximum Gasteiger partial charge on any atom is 0.115 e. The molecule has 1 atom stereocenters. The van der Waals surface area contributed by atoms with Crippen molar-refractivity contribution < 1.29 is 5.11 Å². The van der Waals surface area contributed by atoms with Crippen LogP contribution in [0.3, 0.4) is 0 Å². The van der Waals surface area contributed by atoms with Gasteiger partial charge in [-0.15, -0.1) is 0 Å². The van der Waals surface area contributed by atoms with Crippen molar-refractivity contribution in [3.05, 3.63) is 65.2 Å². The lowest BCUT2D eigenvalue weighted by Gasteiger charge is -2.35. The van der Waals surface area contributed by atoms with Gasteiger partial charge in [0, 0.05) is 5.54 Å². The van der Waals surface area contributed by atoms with Crippen LogP contribution in [0.4, 0.5) is 0 Å². The van der Waals surface area contributed by atoms with Gasteiger partial charge < -0.3 is 10.8 Å². The molecule has 0 radical (unpaired) electrons. The van der Waals surface area contributed by atoms with Crippen LogP contribution in [0.25, 0.3) is 0 Å². The molecule has 3 N–H and O–H groups in total. The summed E-state index contributed by atoms with van der Waals surface area (Å²) in [6.07, 6.45) is 3.88. The first-order valence-corrected chi connectivity index (χ1v) is 6.78. The Labute approximate surface area is 113 Å². The monoisotopic (exact) mass is 253 g/mol. The molecule has 98 valence electrons. The summed E-state index contributed by atoms with van der Waals surface area (Å²) in [6.45, 7) is 0. The molecular weight excluding hydrogens is 234 g/mol. The zero-order chi connectivity index (χ0) is 13.3. The number of nitrogens with two attached hydrogens (primary N) is 1. The summed E-state index contributed by atoms with van der Waals surface area (Å²) < 4.78 is 0. The fourth-order valence-corrected chi connectivity index (χ4v) is 3.00. The molecule has 0 saturated heterocycles. The Bertz CT molecular complexity index is 576. The Morgan fingerprint density at radius 1 is 1.00 bits per heavy atom. The van der Waals surface area contributed by atoms with Crippen molar-refractivity contribution in [2.75, 3.05) is 0 Å². The Balaban J connectivity index is 1.80. The van der Waals surface area contributed by atoms with Gasteiger partial charge in [-0.2, -0.15) is 0 Å². The van der Waals surface area contributed by atoms with Crippen molar-refractivity contribution in [1.29, 1.82) is 0 Å². The highest BCUT2D eigenvalue weighted by atomic mass is 16.3. The lowest BCUT2D eigenvalue weighted by molar-refractivity contribution is 0.369. The van der Waals surface area contributed by atoms with Crippen molar-refractivity contribution in [1.82, 2.24) is 0 Å². The first-order valence-electron chi connectivity index (χ1n) is 6.78. The molecule has 0 fully saturated rings. The van der Waals surface area contributed by atoms with Crippen LogP contribution >= 0.6 is 0 Å². The number of phenols is 1. The van der Waals surface area contributed by atoms with Crippen molar-refractivity contribution in [3.8, 4) is 5.75 Å². The number of fused-ring (bicyclic) bond motifs is 1. The molecule has 0 bridgehead atoms. The van der Waals surface area contributed by atoms with Crippen LogP contribution < -0.4 is 5.73 Å². The molecule has 0 amide bonds. The van der Waals surface area contributed by atoms with Crippen LogP contribution in [0, 0.1) is 0 Å². The maximum absolute atomic E-state index is 9.33. The summed E-state index contributed by atoms with van der Waals surface area (Å²) in [4.78, 5) is 0. The van der Waals surface area contributed by atoms with Gasteiger partial charge in [-0.3, -0.25) is 0 Å². The largest absolute Gasteiger partial charge is 0.508 e. The molecule has 0 aromatic heterocycles. The second-order valence-corrected chi connectivity index (χ2v) is 5.65. The molecule has 2 nitrogen and oxygen atoms in total. The minimum atomic E-state index is -0.161. The third-order valence-corrected chi connectivity index (χ3v) is 4.05. The van der Waals surface area contributed by atoms with E-state index in [0.717, 1.165) is 25.7 Å². The van der Waals surface area contributed by atoms with E-state index in [1.165, 1.54) is 16.7 Å². The average Bonchev–Trinajstić information content (AvgIpc) is 2.41. The van der Waals surface area contributed by atoms with Gasteiger partial charge in [-0.05, 0) is 54.5 Å². The quantitative estimate of drug-likeness (QED) is 0.864. The first-order chi connectivity index (χ1) is 9.15. The van der Waals surface area contributed by atoms with E-state index in [1.54, 1.807) is 12.1 Å². The van der Waals surface area contributed by atoms with Crippen LogP contribution in [0.15, 0.2) is 48.5 Å². The number of hydrogen-bond acceptors (Lipinski definition) is 2. The van der Waals surface area contributed by atoms with Gasteiger partial charge in [0.25, 0.3) is 0 Å². The standard InChI is InChI=1S/C17H19NO/c18-17(11-13-5-7-16(19)8-6-13)10-9-14-3-1-2-4-15(14)12-17/h1-8,19H,9-12,18H2. The highest BCUT2D eigenvalue weighted by Crippen LogP contribution is 2.29. The van der Waals surface area contributed by atoms with E-state index in [1.807, 2.05) is 12.1 Å². The molecule has 0 heterocycles. The van der Waals surface area contributed by atoms with Crippen LogP contribution in [0.5, 0.6) is 5.75 Å². The van der Waals surface area contributed by atoms with Crippen LogP contribution in [0.2, 0.25) is 0 Å². The lowest BCUT2D eigenvalue weighted by Crippen LogP contribution is -2.47. The molecule has 1 aliphatic carbocycles. The van der Waals surface area contributed by atoms with E-state index in [9.17, 15) is 5.11 Å². The number of aryl methyl sites for hydroxylation is 1. The molecule has 2 heteroatoms. The molecule has 19 heavy (non-hydrogen) atoms. The molecule has 0 aliphatic heterocycles. The Morgan fingerprint density at radius 2 is 1.68 bits per heavy atom. The summed E-state index contributed by atoms with van der Waals surface area (Å²) in [5, 5.41) is 9.33. The number of phenolic OH excluding ortho intramolecular Hbond substituents is 1. The van der Waals surface area contributed by atoms with Gasteiger partial charge in [0.2, 0.25) is 0 Å². The van der Waals surface area contributed by atoms with Crippen molar-refractivity contribution >= 4 is 0 Å². The molecular formula is C17H19NO. The molecule has 1 aliphatic rings. The molecule has 2 aromatic rings. The minimum absolute atomic E-state index is 0.161. The van der Waals surface area contributed by atoms with E-state index in [2.05, 4.69) is 24.3 Å². The lowest BCUT2D eigenvalue weighted by atomic mass is 9.75. The summed E-state index contributed by atoms with van der Waals surface area (Å²) in [7, 11) is 0. The highest BCUT2D eigenvalue weighted by Gasteiger charge is 2.30. The van der Waals surface area contributed by atoms with Gasteiger partial charge in [0.15, 0.2) is 0 Å². The number of rotatable bonds is 2. The number of hydrogen-bond donors (Lipinski definition) is 2. The average molecular weight is 253 g/mol. The smallest absolute Gasteiger partial charge is 0.115 e. The zero-order valence-electron chi connectivity index (χ0n) is 11.0. The summed E-state index contributed by atoms with van der Waals surface area (Å²) >= 11 is 0. The predicted octanol–water partition coefficient (Wildman–Crippen LogP) is 2.82. The topological polar surface area (TPSA) is 46.2 Å². The van der Waals surface area contributed by atoms with E-state index >= 15 is 0 Å². The minimum Gasteiger partial charge on any atom is -0.508 e. The maximum atomic E-state index is 9.33. The van der Waals surface area contributed by atoms with Crippen molar-refractivity contribution in [2.45, 2.75) is 31.2 Å². The number of benzene rings is 2. The van der Waals surface area contributed by atoms with Gasteiger partial charge in [-0.1, -0.05) is 36.4 Å². The first kappa shape index (κ1) is 12.2. The molecule has 1 unspecified atom stereocenters. The zero-order valence-corrected chi connectivity index (χ0v) is 11.0. The van der Waals surface area contributed by atoms with E-state index in [-0.39, 0.29) is 5.54 Å². The van der Waals surface area contributed by atoms with Crippen LogP contribution in [-0.2, 0) is 19.3 Å². The summed E-state index contributed by atoms with van der Waals surface area (Å²) in [5.41, 5.74) is 10.4. The normalized spacial score (nSPS) is 21.9. The summed E-state index contributed by atoms with van der Waals surface area (Å²) in [5.74, 6) is 0.309.